The number of phenols is 1. The third-order valence-electron chi connectivity index (χ3n) is 3.30. The lowest BCUT2D eigenvalue weighted by Gasteiger charge is -2.21. The number of rotatable bonds is 6. The smallest absolute Gasteiger partial charge is 0.224 e. The molecule has 2 aromatic rings. The standard InChI is InChI=1S/C14H19N7O2/c1-3-21(4-2)10-6-5-9(11(22)7-10)8-17-18-13(15)12-14(16)20-23-19-12/h5-8,22H,3-4H2,1-2H3,(H2,15,18)(H2,16,20)/p+1/b17-8+. The van der Waals surface area contributed by atoms with Gasteiger partial charge in [0.1, 0.15) is 5.75 Å². The number of phenolic OH excluding ortho intramolecular Hbond substituents is 1. The number of anilines is 2. The number of nitrogen functional groups attached to an aromatic ring is 1. The van der Waals surface area contributed by atoms with Crippen molar-refractivity contribution in [3.05, 3.63) is 29.5 Å². The Kier molecular flexibility index (Phi) is 5.13. The lowest BCUT2D eigenvalue weighted by atomic mass is 10.2. The number of benzene rings is 1. The van der Waals surface area contributed by atoms with Crippen LogP contribution in [0.4, 0.5) is 11.5 Å². The molecule has 1 aromatic carbocycles. The highest BCUT2D eigenvalue weighted by atomic mass is 16.6. The van der Waals surface area contributed by atoms with Crippen molar-refractivity contribution >= 4 is 23.6 Å². The molecule has 0 unspecified atom stereocenters. The Morgan fingerprint density at radius 3 is 2.70 bits per heavy atom. The van der Waals surface area contributed by atoms with Crippen LogP contribution in [0, 0.1) is 0 Å². The molecule has 0 spiro atoms. The number of amidine groups is 1. The number of nitrogens with two attached hydrogens (primary N) is 2. The predicted octanol–water partition coefficient (Wildman–Crippen LogP) is -0.976. The van der Waals surface area contributed by atoms with Gasteiger partial charge in [-0.25, -0.2) is 4.63 Å². The van der Waals surface area contributed by atoms with Crippen LogP contribution in [0.15, 0.2) is 27.9 Å². The van der Waals surface area contributed by atoms with Crippen molar-refractivity contribution in [1.29, 1.82) is 0 Å². The zero-order chi connectivity index (χ0) is 16.8. The highest BCUT2D eigenvalue weighted by Gasteiger charge is 2.12. The SMILES string of the molecule is CCN(CC)c1ccc(/C=[NH+]/N=C(N)c2nonc2N)c(O)c1. The van der Waals surface area contributed by atoms with Crippen LogP contribution in [0.1, 0.15) is 25.1 Å². The van der Waals surface area contributed by atoms with E-state index in [9.17, 15) is 5.11 Å². The Morgan fingerprint density at radius 1 is 1.39 bits per heavy atom. The second-order valence-electron chi connectivity index (χ2n) is 4.68. The number of hydrogen-bond donors (Lipinski definition) is 4. The highest BCUT2D eigenvalue weighted by Crippen LogP contribution is 2.23. The Bertz CT molecular complexity index is 720. The summed E-state index contributed by atoms with van der Waals surface area (Å²) in [5.74, 6) is 0.219. The minimum atomic E-state index is 0.0271. The molecule has 1 heterocycles. The quantitative estimate of drug-likeness (QED) is 0.305. The monoisotopic (exact) mass is 318 g/mol. The Labute approximate surface area is 133 Å². The second-order valence-corrected chi connectivity index (χ2v) is 4.68. The van der Waals surface area contributed by atoms with Crippen molar-refractivity contribution in [1.82, 2.24) is 10.3 Å². The van der Waals surface area contributed by atoms with E-state index in [2.05, 4.69) is 43.9 Å². The number of aromatic nitrogens is 2. The molecule has 9 nitrogen and oxygen atoms in total. The van der Waals surface area contributed by atoms with Gasteiger partial charge in [0.15, 0.2) is 11.5 Å². The molecule has 23 heavy (non-hydrogen) atoms. The van der Waals surface area contributed by atoms with Gasteiger partial charge in [-0.3, -0.25) is 0 Å². The number of hydrogen-bond acceptors (Lipinski definition) is 7. The van der Waals surface area contributed by atoms with Crippen LogP contribution in [0.25, 0.3) is 0 Å². The van der Waals surface area contributed by atoms with Crippen LogP contribution in [0.3, 0.4) is 0 Å². The first-order valence-electron chi connectivity index (χ1n) is 7.15. The van der Waals surface area contributed by atoms with Crippen LogP contribution in [-0.2, 0) is 0 Å². The Morgan fingerprint density at radius 2 is 2.13 bits per heavy atom. The molecule has 0 saturated heterocycles. The maximum Gasteiger partial charge on any atom is 0.224 e. The zero-order valence-corrected chi connectivity index (χ0v) is 13.0. The van der Waals surface area contributed by atoms with E-state index in [1.54, 1.807) is 12.1 Å². The topological polar surface area (TPSA) is 141 Å². The van der Waals surface area contributed by atoms with Crippen LogP contribution in [-0.4, -0.2) is 40.6 Å². The van der Waals surface area contributed by atoms with Gasteiger partial charge in [0.2, 0.25) is 12.1 Å². The molecule has 0 aliphatic rings. The summed E-state index contributed by atoms with van der Waals surface area (Å²) in [6, 6.07) is 5.41. The van der Waals surface area contributed by atoms with Crippen LogP contribution in [0.5, 0.6) is 5.75 Å². The minimum Gasteiger partial charge on any atom is -0.507 e. The average molecular weight is 318 g/mol. The molecule has 6 N–H and O–H groups in total. The van der Waals surface area contributed by atoms with Crippen LogP contribution < -0.4 is 21.5 Å². The molecular formula is C14H20N7O2+. The molecule has 0 atom stereocenters. The van der Waals surface area contributed by atoms with Crippen LogP contribution >= 0.6 is 0 Å². The number of nitrogens with one attached hydrogen (secondary N) is 1. The first-order valence-corrected chi connectivity index (χ1v) is 7.15. The zero-order valence-electron chi connectivity index (χ0n) is 13.0. The van der Waals surface area contributed by atoms with E-state index in [0.717, 1.165) is 18.8 Å². The summed E-state index contributed by atoms with van der Waals surface area (Å²) < 4.78 is 4.44. The summed E-state index contributed by atoms with van der Waals surface area (Å²) in [5, 5.41) is 23.5. The fraction of sp³-hybridized carbons (Fsp3) is 0.286. The van der Waals surface area contributed by atoms with Crippen molar-refractivity contribution in [2.45, 2.75) is 13.8 Å². The van der Waals surface area contributed by atoms with Crippen molar-refractivity contribution < 1.29 is 14.8 Å². The minimum absolute atomic E-state index is 0.0271. The van der Waals surface area contributed by atoms with Crippen molar-refractivity contribution in [2.75, 3.05) is 23.7 Å². The van der Waals surface area contributed by atoms with E-state index in [-0.39, 0.29) is 23.1 Å². The van der Waals surface area contributed by atoms with Gasteiger partial charge >= 0.3 is 0 Å². The summed E-state index contributed by atoms with van der Waals surface area (Å²) >= 11 is 0. The fourth-order valence-corrected chi connectivity index (χ4v) is 2.04. The maximum absolute atomic E-state index is 10.1. The van der Waals surface area contributed by atoms with Gasteiger partial charge in [0.25, 0.3) is 0 Å². The van der Waals surface area contributed by atoms with Gasteiger partial charge in [-0.2, -0.15) is 0 Å². The lowest BCUT2D eigenvalue weighted by Crippen LogP contribution is -2.63. The summed E-state index contributed by atoms with van der Waals surface area (Å²) in [5.41, 5.74) is 12.9. The molecule has 0 aliphatic heterocycles. The average Bonchev–Trinajstić information content (AvgIpc) is 2.96. The van der Waals surface area contributed by atoms with Gasteiger partial charge in [-0.05, 0) is 36.3 Å². The Balaban J connectivity index is 2.15. The van der Waals surface area contributed by atoms with Crippen molar-refractivity contribution in [3.63, 3.8) is 0 Å². The Hall–Kier alpha value is -3.10. The van der Waals surface area contributed by atoms with E-state index in [1.165, 1.54) is 6.21 Å². The van der Waals surface area contributed by atoms with E-state index in [0.29, 0.717) is 5.56 Å². The third kappa shape index (κ3) is 3.76. The summed E-state index contributed by atoms with van der Waals surface area (Å²) in [4.78, 5) is 2.13. The third-order valence-corrected chi connectivity index (χ3v) is 3.30. The van der Waals surface area contributed by atoms with Gasteiger partial charge in [0.05, 0.1) is 5.56 Å². The molecule has 2 rings (SSSR count). The summed E-state index contributed by atoms with van der Waals surface area (Å²) in [7, 11) is 0. The van der Waals surface area contributed by atoms with Gasteiger partial charge in [0, 0.05) is 29.9 Å². The van der Waals surface area contributed by atoms with Gasteiger partial charge in [-0.15, -0.1) is 5.10 Å². The predicted molar refractivity (Wildman–Crippen MR) is 87.2 cm³/mol. The highest BCUT2D eigenvalue weighted by molar-refractivity contribution is 5.98. The molecule has 0 aliphatic carbocycles. The molecule has 0 saturated carbocycles. The second kappa shape index (κ2) is 7.25. The molecular weight excluding hydrogens is 298 g/mol. The van der Waals surface area contributed by atoms with E-state index in [1.807, 2.05) is 6.07 Å². The first kappa shape index (κ1) is 16.3. The molecule has 0 bridgehead atoms. The normalized spacial score (nSPS) is 12.0. The summed E-state index contributed by atoms with van der Waals surface area (Å²) in [6.45, 7) is 5.85. The van der Waals surface area contributed by atoms with Gasteiger partial charge < -0.3 is 21.5 Å². The van der Waals surface area contributed by atoms with Crippen molar-refractivity contribution in [3.8, 4) is 5.75 Å². The lowest BCUT2D eigenvalue weighted by molar-refractivity contribution is -0.456. The van der Waals surface area contributed by atoms with E-state index < -0.39 is 0 Å². The molecule has 1 aromatic heterocycles. The maximum atomic E-state index is 10.1. The number of nitrogens with zero attached hydrogens (tertiary/aromatic N) is 4. The summed E-state index contributed by atoms with van der Waals surface area (Å²) in [6.07, 6.45) is 1.51. The van der Waals surface area contributed by atoms with Gasteiger partial charge in [-0.1, -0.05) is 0 Å². The van der Waals surface area contributed by atoms with E-state index >= 15 is 0 Å². The molecule has 0 fully saturated rings. The first-order chi connectivity index (χ1) is 11.1. The molecule has 0 radical (unpaired) electrons. The molecule has 122 valence electrons. The molecule has 0 amide bonds. The van der Waals surface area contributed by atoms with E-state index in [4.69, 9.17) is 11.5 Å². The van der Waals surface area contributed by atoms with Crippen LogP contribution in [0.2, 0.25) is 0 Å². The van der Waals surface area contributed by atoms with Crippen molar-refractivity contribution in [2.24, 2.45) is 10.8 Å². The number of hydrazone groups is 1. The largest absolute Gasteiger partial charge is 0.507 e. The molecule has 9 heteroatoms. The fourth-order valence-electron chi connectivity index (χ4n) is 2.04. The number of aromatic hydroxyl groups is 1.